The Bertz CT molecular complexity index is 971. The van der Waals surface area contributed by atoms with Crippen molar-refractivity contribution in [1.82, 2.24) is 29.9 Å². The predicted octanol–water partition coefficient (Wildman–Crippen LogP) is 1.24. The Morgan fingerprint density at radius 3 is 2.68 bits per heavy atom. The van der Waals surface area contributed by atoms with Gasteiger partial charge in [-0.25, -0.2) is 14.3 Å². The Labute approximate surface area is 148 Å². The second-order valence-electron chi connectivity index (χ2n) is 5.60. The average molecular weight is 358 g/mol. The van der Waals surface area contributed by atoms with Gasteiger partial charge in [0.05, 0.1) is 17.2 Å². The summed E-state index contributed by atoms with van der Waals surface area (Å²) in [5.41, 5.74) is 1.97. The molecule has 0 saturated carbocycles. The summed E-state index contributed by atoms with van der Waals surface area (Å²) in [7, 11) is 0. The van der Waals surface area contributed by atoms with Crippen LogP contribution in [0.3, 0.4) is 0 Å². The Kier molecular flexibility index (Phi) is 4.75. The van der Waals surface area contributed by atoms with Gasteiger partial charge in [-0.2, -0.15) is 5.10 Å². The number of aryl methyl sites for hydroxylation is 3. The zero-order valence-electron chi connectivity index (χ0n) is 14.2. The van der Waals surface area contributed by atoms with Crippen molar-refractivity contribution in [1.29, 1.82) is 0 Å². The van der Waals surface area contributed by atoms with Crippen molar-refractivity contribution < 1.29 is 4.79 Å². The smallest absolute Gasteiger partial charge is 0.270 e. The summed E-state index contributed by atoms with van der Waals surface area (Å²) in [6, 6.07) is 5.02. The standard InChI is InChI=1S/C16H18N6O2S/c1-10-8-11(2)22(19-10)14-4-5-15(23)21(20-14)7-6-17-16(24)13-9-25-12(3)18-13/h4-5,8-9H,6-7H2,1-3H3,(H,17,24). The molecule has 0 atom stereocenters. The van der Waals surface area contributed by atoms with Crippen LogP contribution in [0.5, 0.6) is 0 Å². The summed E-state index contributed by atoms with van der Waals surface area (Å²) in [6.45, 7) is 6.21. The van der Waals surface area contributed by atoms with Crippen LogP contribution >= 0.6 is 11.3 Å². The van der Waals surface area contributed by atoms with E-state index in [1.165, 1.54) is 22.1 Å². The van der Waals surface area contributed by atoms with Crippen molar-refractivity contribution >= 4 is 17.2 Å². The van der Waals surface area contributed by atoms with Gasteiger partial charge in [0.25, 0.3) is 11.5 Å². The lowest BCUT2D eigenvalue weighted by atomic mass is 10.4. The van der Waals surface area contributed by atoms with Gasteiger partial charge >= 0.3 is 0 Å². The number of hydrogen-bond donors (Lipinski definition) is 1. The average Bonchev–Trinajstić information content (AvgIpc) is 3.14. The highest BCUT2D eigenvalue weighted by Crippen LogP contribution is 2.08. The van der Waals surface area contributed by atoms with E-state index in [4.69, 9.17) is 0 Å². The molecule has 0 aliphatic carbocycles. The van der Waals surface area contributed by atoms with E-state index in [0.29, 0.717) is 11.5 Å². The zero-order valence-corrected chi connectivity index (χ0v) is 15.0. The maximum Gasteiger partial charge on any atom is 0.270 e. The van der Waals surface area contributed by atoms with Crippen LogP contribution < -0.4 is 10.9 Å². The largest absolute Gasteiger partial charge is 0.349 e. The lowest BCUT2D eigenvalue weighted by Gasteiger charge is -2.08. The van der Waals surface area contributed by atoms with Crippen LogP contribution in [0.2, 0.25) is 0 Å². The van der Waals surface area contributed by atoms with E-state index in [-0.39, 0.29) is 24.6 Å². The third-order valence-electron chi connectivity index (χ3n) is 3.54. The minimum Gasteiger partial charge on any atom is -0.349 e. The van der Waals surface area contributed by atoms with Gasteiger partial charge in [0, 0.05) is 23.7 Å². The molecule has 0 aromatic carbocycles. The molecule has 130 valence electrons. The molecule has 3 rings (SSSR count). The number of hydrogen-bond acceptors (Lipinski definition) is 6. The number of nitrogens with zero attached hydrogens (tertiary/aromatic N) is 5. The Morgan fingerprint density at radius 1 is 1.24 bits per heavy atom. The van der Waals surface area contributed by atoms with E-state index in [1.807, 2.05) is 26.8 Å². The van der Waals surface area contributed by atoms with E-state index in [2.05, 4.69) is 20.5 Å². The molecular formula is C16H18N6O2S. The molecule has 1 N–H and O–H groups in total. The van der Waals surface area contributed by atoms with E-state index >= 15 is 0 Å². The normalized spacial score (nSPS) is 10.8. The fourth-order valence-corrected chi connectivity index (χ4v) is 3.00. The molecular weight excluding hydrogens is 340 g/mol. The second kappa shape index (κ2) is 6.98. The second-order valence-corrected chi connectivity index (χ2v) is 6.66. The first kappa shape index (κ1) is 17.0. The molecule has 0 unspecified atom stereocenters. The lowest BCUT2D eigenvalue weighted by Crippen LogP contribution is -2.32. The van der Waals surface area contributed by atoms with E-state index in [0.717, 1.165) is 16.4 Å². The quantitative estimate of drug-likeness (QED) is 0.740. The van der Waals surface area contributed by atoms with Crippen molar-refractivity contribution in [2.75, 3.05) is 6.54 Å². The van der Waals surface area contributed by atoms with Crippen molar-refractivity contribution in [3.05, 3.63) is 56.0 Å². The molecule has 8 nitrogen and oxygen atoms in total. The highest BCUT2D eigenvalue weighted by molar-refractivity contribution is 7.09. The Hall–Kier alpha value is -2.81. The van der Waals surface area contributed by atoms with Crippen molar-refractivity contribution in [2.45, 2.75) is 27.3 Å². The van der Waals surface area contributed by atoms with Crippen LogP contribution in [0.15, 0.2) is 28.4 Å². The molecule has 3 aromatic heterocycles. The van der Waals surface area contributed by atoms with Gasteiger partial charge in [0.1, 0.15) is 5.69 Å². The highest BCUT2D eigenvalue weighted by atomic mass is 32.1. The first-order valence-corrected chi connectivity index (χ1v) is 8.64. The third kappa shape index (κ3) is 3.82. The van der Waals surface area contributed by atoms with Crippen LogP contribution in [0.4, 0.5) is 0 Å². The molecule has 0 bridgehead atoms. The van der Waals surface area contributed by atoms with Crippen molar-refractivity contribution in [3.63, 3.8) is 0 Å². The van der Waals surface area contributed by atoms with Gasteiger partial charge in [0.2, 0.25) is 0 Å². The molecule has 0 aliphatic rings. The zero-order chi connectivity index (χ0) is 18.0. The van der Waals surface area contributed by atoms with Gasteiger partial charge in [0.15, 0.2) is 5.82 Å². The molecule has 0 spiro atoms. The van der Waals surface area contributed by atoms with E-state index in [1.54, 1.807) is 16.1 Å². The molecule has 3 heterocycles. The molecule has 3 aromatic rings. The highest BCUT2D eigenvalue weighted by Gasteiger charge is 2.10. The van der Waals surface area contributed by atoms with Crippen LogP contribution in [-0.4, -0.2) is 37.0 Å². The first-order valence-electron chi connectivity index (χ1n) is 7.76. The minimum atomic E-state index is -0.257. The fraction of sp³-hybridized carbons (Fsp3) is 0.312. The van der Waals surface area contributed by atoms with Crippen molar-refractivity contribution in [2.24, 2.45) is 0 Å². The maximum absolute atomic E-state index is 12.0. The van der Waals surface area contributed by atoms with Gasteiger partial charge in [-0.3, -0.25) is 9.59 Å². The molecule has 0 fully saturated rings. The van der Waals surface area contributed by atoms with Crippen LogP contribution in [-0.2, 0) is 6.54 Å². The van der Waals surface area contributed by atoms with E-state index < -0.39 is 0 Å². The summed E-state index contributed by atoms with van der Waals surface area (Å²) in [4.78, 5) is 28.1. The maximum atomic E-state index is 12.0. The van der Waals surface area contributed by atoms with Crippen LogP contribution in [0.1, 0.15) is 26.9 Å². The molecule has 9 heteroatoms. The third-order valence-corrected chi connectivity index (χ3v) is 4.31. The predicted molar refractivity (Wildman–Crippen MR) is 94.3 cm³/mol. The van der Waals surface area contributed by atoms with Gasteiger partial charge in [-0.1, -0.05) is 0 Å². The number of amides is 1. The number of aromatic nitrogens is 5. The SMILES string of the molecule is Cc1cc(C)n(-c2ccc(=O)n(CCNC(=O)c3csc(C)n3)n2)n1. The molecule has 0 aliphatic heterocycles. The minimum absolute atomic E-state index is 0.232. The summed E-state index contributed by atoms with van der Waals surface area (Å²) in [5, 5.41) is 14.0. The van der Waals surface area contributed by atoms with Crippen LogP contribution in [0.25, 0.3) is 5.82 Å². The number of carbonyl (C=O) groups excluding carboxylic acids is 1. The summed E-state index contributed by atoms with van der Waals surface area (Å²) in [5.74, 6) is 0.304. The van der Waals surface area contributed by atoms with Gasteiger partial charge < -0.3 is 5.32 Å². The topological polar surface area (TPSA) is 94.7 Å². The summed E-state index contributed by atoms with van der Waals surface area (Å²) < 4.78 is 3.00. The van der Waals surface area contributed by atoms with Gasteiger partial charge in [-0.15, -0.1) is 16.4 Å². The molecule has 0 radical (unpaired) electrons. The van der Waals surface area contributed by atoms with E-state index in [9.17, 15) is 9.59 Å². The Balaban J connectivity index is 1.70. The molecule has 25 heavy (non-hydrogen) atoms. The number of carbonyl (C=O) groups is 1. The first-order chi connectivity index (χ1) is 11.9. The monoisotopic (exact) mass is 358 g/mol. The number of nitrogens with one attached hydrogen (secondary N) is 1. The number of rotatable bonds is 5. The number of thiazole rings is 1. The lowest BCUT2D eigenvalue weighted by molar-refractivity contribution is 0.0947. The molecule has 1 amide bonds. The summed E-state index contributed by atoms with van der Waals surface area (Å²) in [6.07, 6.45) is 0. The van der Waals surface area contributed by atoms with Gasteiger partial charge in [-0.05, 0) is 32.9 Å². The molecule has 0 saturated heterocycles. The van der Waals surface area contributed by atoms with Crippen molar-refractivity contribution in [3.8, 4) is 5.82 Å². The van der Waals surface area contributed by atoms with Crippen LogP contribution in [0, 0.1) is 20.8 Å². The fourth-order valence-electron chi connectivity index (χ4n) is 2.41. The summed E-state index contributed by atoms with van der Waals surface area (Å²) >= 11 is 1.42. The Morgan fingerprint density at radius 2 is 2.04 bits per heavy atom.